The zero-order chi connectivity index (χ0) is 11.8. The number of pyridine rings is 1. The average Bonchev–Trinajstić information content (AvgIpc) is 2.58. The van der Waals surface area contributed by atoms with Crippen molar-refractivity contribution >= 4 is 16.9 Å². The summed E-state index contributed by atoms with van der Waals surface area (Å²) in [7, 11) is 0. The molecule has 0 aliphatic rings. The van der Waals surface area contributed by atoms with Crippen LogP contribution in [-0.4, -0.2) is 21.4 Å². The van der Waals surface area contributed by atoms with E-state index in [1.165, 1.54) is 0 Å². The van der Waals surface area contributed by atoms with Gasteiger partial charge in [-0.3, -0.25) is 9.78 Å². The van der Waals surface area contributed by atoms with Crippen molar-refractivity contribution in [3.63, 3.8) is 0 Å². The van der Waals surface area contributed by atoms with Gasteiger partial charge in [-0.2, -0.15) is 0 Å². The molecule has 0 fully saturated rings. The number of nitrogens with one attached hydrogen (secondary N) is 2. The van der Waals surface area contributed by atoms with Crippen molar-refractivity contribution in [1.29, 1.82) is 0 Å². The number of fused-ring (bicyclic) bond motifs is 1. The third kappa shape index (κ3) is 2.21. The van der Waals surface area contributed by atoms with Crippen LogP contribution in [0.5, 0.6) is 0 Å². The Morgan fingerprint density at radius 1 is 1.44 bits per heavy atom. The molecular weight excluding hydrogens is 202 g/mol. The van der Waals surface area contributed by atoms with Crippen LogP contribution in [0.15, 0.2) is 24.4 Å². The van der Waals surface area contributed by atoms with Crippen molar-refractivity contribution in [2.24, 2.45) is 0 Å². The fourth-order valence-corrected chi connectivity index (χ4v) is 1.49. The highest BCUT2D eigenvalue weighted by Crippen LogP contribution is 2.12. The second-order valence-corrected chi connectivity index (χ2v) is 4.82. The van der Waals surface area contributed by atoms with Gasteiger partial charge in [0.1, 0.15) is 5.69 Å². The molecule has 16 heavy (non-hydrogen) atoms. The lowest BCUT2D eigenvalue weighted by Crippen LogP contribution is -2.40. The van der Waals surface area contributed by atoms with Gasteiger partial charge >= 0.3 is 0 Å². The molecular formula is C12H15N3O. The van der Waals surface area contributed by atoms with E-state index < -0.39 is 0 Å². The molecule has 2 heterocycles. The Balaban J connectivity index is 2.30. The summed E-state index contributed by atoms with van der Waals surface area (Å²) in [6.07, 6.45) is 1.71. The van der Waals surface area contributed by atoms with Crippen molar-refractivity contribution in [3.8, 4) is 0 Å². The Hall–Kier alpha value is -1.84. The van der Waals surface area contributed by atoms with E-state index in [-0.39, 0.29) is 11.4 Å². The maximum absolute atomic E-state index is 11.9. The summed E-state index contributed by atoms with van der Waals surface area (Å²) < 4.78 is 0. The zero-order valence-electron chi connectivity index (χ0n) is 9.66. The van der Waals surface area contributed by atoms with Gasteiger partial charge < -0.3 is 10.3 Å². The van der Waals surface area contributed by atoms with Crippen molar-refractivity contribution in [3.05, 3.63) is 30.1 Å². The second kappa shape index (κ2) is 3.63. The van der Waals surface area contributed by atoms with Crippen LogP contribution in [0.2, 0.25) is 0 Å². The highest BCUT2D eigenvalue weighted by Gasteiger charge is 2.16. The van der Waals surface area contributed by atoms with Crippen LogP contribution in [0.1, 0.15) is 31.3 Å². The molecule has 0 aromatic carbocycles. The number of hydrogen-bond donors (Lipinski definition) is 2. The van der Waals surface area contributed by atoms with Gasteiger partial charge in [0.2, 0.25) is 0 Å². The summed E-state index contributed by atoms with van der Waals surface area (Å²) in [6.45, 7) is 5.85. The molecule has 2 N–H and O–H groups in total. The molecule has 0 atom stereocenters. The minimum atomic E-state index is -0.234. The fraction of sp³-hybridized carbons (Fsp3) is 0.333. The minimum Gasteiger partial charge on any atom is -0.349 e. The summed E-state index contributed by atoms with van der Waals surface area (Å²) in [4.78, 5) is 19.1. The molecule has 0 radical (unpaired) electrons. The normalized spacial score (nSPS) is 11.7. The fourth-order valence-electron chi connectivity index (χ4n) is 1.49. The molecule has 0 saturated carbocycles. The number of carbonyl (C=O) groups is 1. The summed E-state index contributed by atoms with van der Waals surface area (Å²) in [6, 6.07) is 5.50. The number of rotatable bonds is 1. The predicted molar refractivity (Wildman–Crippen MR) is 63.3 cm³/mol. The number of amides is 1. The number of hydrogen-bond acceptors (Lipinski definition) is 2. The Morgan fingerprint density at radius 3 is 2.81 bits per heavy atom. The maximum atomic E-state index is 11.9. The molecule has 0 spiro atoms. The Labute approximate surface area is 94.1 Å². The standard InChI is InChI=1S/C12H15N3O/c1-12(2,3)15-11(16)10-7-9-8(14-10)5-4-6-13-9/h4-7,14H,1-3H3,(H,15,16). The average molecular weight is 217 g/mol. The molecule has 2 rings (SSSR count). The predicted octanol–water partition coefficient (Wildman–Crippen LogP) is 2.09. The van der Waals surface area contributed by atoms with Gasteiger partial charge in [-0.25, -0.2) is 0 Å². The molecule has 0 aliphatic heterocycles. The molecule has 2 aromatic heterocycles. The molecule has 0 unspecified atom stereocenters. The van der Waals surface area contributed by atoms with E-state index in [2.05, 4.69) is 15.3 Å². The van der Waals surface area contributed by atoms with Crippen molar-refractivity contribution in [2.45, 2.75) is 26.3 Å². The van der Waals surface area contributed by atoms with Crippen LogP contribution in [0.3, 0.4) is 0 Å². The number of H-pyrrole nitrogens is 1. The van der Waals surface area contributed by atoms with Crippen molar-refractivity contribution < 1.29 is 4.79 Å². The third-order valence-corrected chi connectivity index (χ3v) is 2.12. The number of aromatic amines is 1. The second-order valence-electron chi connectivity index (χ2n) is 4.82. The quantitative estimate of drug-likeness (QED) is 0.768. The number of carbonyl (C=O) groups excluding carboxylic acids is 1. The number of aromatic nitrogens is 2. The monoisotopic (exact) mass is 217 g/mol. The number of nitrogens with zero attached hydrogens (tertiary/aromatic N) is 1. The zero-order valence-corrected chi connectivity index (χ0v) is 9.66. The summed E-state index contributed by atoms with van der Waals surface area (Å²) >= 11 is 0. The first-order valence-corrected chi connectivity index (χ1v) is 5.22. The Kier molecular flexibility index (Phi) is 2.42. The van der Waals surface area contributed by atoms with Crippen LogP contribution in [0.4, 0.5) is 0 Å². The minimum absolute atomic E-state index is 0.106. The van der Waals surface area contributed by atoms with E-state index in [9.17, 15) is 4.79 Å². The molecule has 84 valence electrons. The van der Waals surface area contributed by atoms with E-state index >= 15 is 0 Å². The molecule has 1 amide bonds. The smallest absolute Gasteiger partial charge is 0.268 e. The highest BCUT2D eigenvalue weighted by atomic mass is 16.2. The van der Waals surface area contributed by atoms with Crippen molar-refractivity contribution in [2.75, 3.05) is 0 Å². The van der Waals surface area contributed by atoms with Gasteiger partial charge in [-0.05, 0) is 39.0 Å². The summed E-state index contributed by atoms with van der Waals surface area (Å²) in [5, 5.41) is 2.90. The lowest BCUT2D eigenvalue weighted by Gasteiger charge is -2.19. The van der Waals surface area contributed by atoms with Gasteiger partial charge in [0.25, 0.3) is 5.91 Å². The van der Waals surface area contributed by atoms with Gasteiger partial charge in [-0.15, -0.1) is 0 Å². The molecule has 4 nitrogen and oxygen atoms in total. The van der Waals surface area contributed by atoms with Crippen LogP contribution in [-0.2, 0) is 0 Å². The van der Waals surface area contributed by atoms with E-state index in [0.717, 1.165) is 11.0 Å². The molecule has 0 bridgehead atoms. The Morgan fingerprint density at radius 2 is 2.19 bits per heavy atom. The first kappa shape index (κ1) is 10.7. The first-order valence-electron chi connectivity index (χ1n) is 5.22. The molecule has 4 heteroatoms. The van der Waals surface area contributed by atoms with E-state index in [1.807, 2.05) is 32.9 Å². The Bertz CT molecular complexity index is 489. The summed E-state index contributed by atoms with van der Waals surface area (Å²) in [5.41, 5.74) is 1.99. The lowest BCUT2D eigenvalue weighted by atomic mass is 10.1. The van der Waals surface area contributed by atoms with E-state index in [0.29, 0.717) is 5.69 Å². The van der Waals surface area contributed by atoms with E-state index in [4.69, 9.17) is 0 Å². The van der Waals surface area contributed by atoms with Gasteiger partial charge in [0, 0.05) is 11.7 Å². The third-order valence-electron chi connectivity index (χ3n) is 2.12. The molecule has 2 aromatic rings. The molecule has 0 saturated heterocycles. The van der Waals surface area contributed by atoms with Crippen LogP contribution in [0.25, 0.3) is 11.0 Å². The van der Waals surface area contributed by atoms with Gasteiger partial charge in [-0.1, -0.05) is 0 Å². The van der Waals surface area contributed by atoms with Gasteiger partial charge in [0.05, 0.1) is 11.0 Å². The highest BCUT2D eigenvalue weighted by molar-refractivity contribution is 5.97. The summed E-state index contributed by atoms with van der Waals surface area (Å²) in [5.74, 6) is -0.106. The largest absolute Gasteiger partial charge is 0.349 e. The molecule has 0 aliphatic carbocycles. The van der Waals surface area contributed by atoms with Crippen LogP contribution < -0.4 is 5.32 Å². The topological polar surface area (TPSA) is 57.8 Å². The van der Waals surface area contributed by atoms with E-state index in [1.54, 1.807) is 12.3 Å². The first-order chi connectivity index (χ1) is 7.46. The lowest BCUT2D eigenvalue weighted by molar-refractivity contribution is 0.0915. The van der Waals surface area contributed by atoms with Crippen LogP contribution >= 0.6 is 0 Å². The SMILES string of the molecule is CC(C)(C)NC(=O)c1cc2ncccc2[nH]1. The maximum Gasteiger partial charge on any atom is 0.268 e. The van der Waals surface area contributed by atoms with Crippen LogP contribution in [0, 0.1) is 0 Å². The van der Waals surface area contributed by atoms with Crippen molar-refractivity contribution in [1.82, 2.24) is 15.3 Å². The van der Waals surface area contributed by atoms with Gasteiger partial charge in [0.15, 0.2) is 0 Å².